The molecule has 6 nitrogen and oxygen atoms in total. The topological polar surface area (TPSA) is 91.6 Å². The van der Waals surface area contributed by atoms with Gasteiger partial charge in [0, 0.05) is 33.7 Å². The SMILES string of the molecule is CCC(Cc1ccccc1)c1cc(O)c(C(c2cccc(NC(=O)Nc3ccc(Br)cc3)c2)C2CC2)c(=O)o1. The van der Waals surface area contributed by atoms with E-state index in [1.165, 1.54) is 0 Å². The van der Waals surface area contributed by atoms with Crippen molar-refractivity contribution in [3.05, 3.63) is 122 Å². The van der Waals surface area contributed by atoms with Crippen molar-refractivity contribution in [3.8, 4) is 5.75 Å². The van der Waals surface area contributed by atoms with Gasteiger partial charge >= 0.3 is 11.7 Å². The van der Waals surface area contributed by atoms with Gasteiger partial charge in [0.2, 0.25) is 0 Å². The van der Waals surface area contributed by atoms with Crippen LogP contribution >= 0.6 is 15.9 Å². The number of carbonyl (C=O) groups excluding carboxylic acids is 1. The molecule has 1 aromatic heterocycles. The van der Waals surface area contributed by atoms with Crippen LogP contribution < -0.4 is 16.3 Å². The molecule has 1 heterocycles. The number of urea groups is 1. The average molecular weight is 588 g/mol. The van der Waals surface area contributed by atoms with Gasteiger partial charge in [0.25, 0.3) is 0 Å². The van der Waals surface area contributed by atoms with Crippen molar-refractivity contribution in [3.63, 3.8) is 0 Å². The summed E-state index contributed by atoms with van der Waals surface area (Å²) in [6.07, 6.45) is 3.41. The third-order valence-corrected chi connectivity index (χ3v) is 7.74. The molecule has 0 bridgehead atoms. The highest BCUT2D eigenvalue weighted by molar-refractivity contribution is 9.10. The molecule has 0 saturated heterocycles. The Morgan fingerprint density at radius 2 is 1.69 bits per heavy atom. The number of rotatable bonds is 9. The van der Waals surface area contributed by atoms with Gasteiger partial charge in [-0.2, -0.15) is 0 Å². The predicted molar refractivity (Wildman–Crippen MR) is 158 cm³/mol. The summed E-state index contributed by atoms with van der Waals surface area (Å²) in [5.41, 5.74) is 3.06. The van der Waals surface area contributed by atoms with E-state index in [0.717, 1.165) is 41.3 Å². The minimum atomic E-state index is -0.500. The van der Waals surface area contributed by atoms with E-state index in [4.69, 9.17) is 4.42 Å². The maximum absolute atomic E-state index is 13.4. The number of nitrogens with one attached hydrogen (secondary N) is 2. The van der Waals surface area contributed by atoms with E-state index < -0.39 is 5.63 Å². The number of benzene rings is 3. The van der Waals surface area contributed by atoms with Crippen LogP contribution in [0.4, 0.5) is 16.2 Å². The van der Waals surface area contributed by atoms with Crippen LogP contribution in [-0.4, -0.2) is 11.1 Å². The molecule has 1 saturated carbocycles. The van der Waals surface area contributed by atoms with Gasteiger partial charge in [0.1, 0.15) is 11.5 Å². The van der Waals surface area contributed by atoms with Crippen LogP contribution in [0.15, 0.2) is 98.6 Å². The van der Waals surface area contributed by atoms with Gasteiger partial charge in [0.15, 0.2) is 0 Å². The summed E-state index contributed by atoms with van der Waals surface area (Å²) in [7, 11) is 0. The second-order valence-electron chi connectivity index (χ2n) is 10.1. The summed E-state index contributed by atoms with van der Waals surface area (Å²) in [4.78, 5) is 26.0. The number of amides is 2. The van der Waals surface area contributed by atoms with Crippen molar-refractivity contribution in [2.24, 2.45) is 5.92 Å². The van der Waals surface area contributed by atoms with E-state index in [1.54, 1.807) is 24.3 Å². The molecule has 5 rings (SSSR count). The molecule has 2 unspecified atom stereocenters. The van der Waals surface area contributed by atoms with E-state index in [0.29, 0.717) is 17.1 Å². The molecule has 0 spiro atoms. The summed E-state index contributed by atoms with van der Waals surface area (Å²) in [5.74, 6) is 0.359. The third-order valence-electron chi connectivity index (χ3n) is 7.22. The van der Waals surface area contributed by atoms with Gasteiger partial charge in [0.05, 0.1) is 5.56 Å². The Labute approximate surface area is 236 Å². The Balaban J connectivity index is 1.38. The number of aromatic hydroxyl groups is 1. The molecular formula is C32H31BrN2O4. The summed E-state index contributed by atoms with van der Waals surface area (Å²) in [6, 6.07) is 26.1. The average Bonchev–Trinajstić information content (AvgIpc) is 3.76. The number of halogens is 1. The summed E-state index contributed by atoms with van der Waals surface area (Å²) < 4.78 is 6.79. The molecule has 7 heteroatoms. The molecule has 2 amide bonds. The second kappa shape index (κ2) is 11.9. The van der Waals surface area contributed by atoms with Crippen molar-refractivity contribution in [2.45, 2.75) is 44.4 Å². The lowest BCUT2D eigenvalue weighted by Crippen LogP contribution is -2.20. The zero-order valence-electron chi connectivity index (χ0n) is 21.7. The normalized spacial score (nSPS) is 14.4. The highest BCUT2D eigenvalue weighted by Gasteiger charge is 2.37. The minimum absolute atomic E-state index is 0.0174. The molecule has 2 atom stereocenters. The predicted octanol–water partition coefficient (Wildman–Crippen LogP) is 8.03. The van der Waals surface area contributed by atoms with Crippen molar-refractivity contribution in [1.29, 1.82) is 0 Å². The quantitative estimate of drug-likeness (QED) is 0.185. The molecule has 0 aliphatic heterocycles. The van der Waals surface area contributed by atoms with Crippen LogP contribution in [0.25, 0.3) is 0 Å². The maximum atomic E-state index is 13.4. The molecule has 1 aliphatic rings. The molecule has 3 N–H and O–H groups in total. The lowest BCUT2D eigenvalue weighted by molar-refractivity contribution is 0.262. The number of hydrogen-bond donors (Lipinski definition) is 3. The standard InChI is InChI=1S/C32H31BrN2O4/c1-2-21(17-20-7-4-3-5-8-20)28-19-27(36)30(31(37)39-28)29(22-11-12-22)23-9-6-10-26(18-23)35-32(38)34-25-15-13-24(33)14-16-25/h3-10,13-16,18-19,21-22,29,36H,2,11-12,17H2,1H3,(H2,34,35,38). The zero-order valence-corrected chi connectivity index (χ0v) is 23.3. The number of hydrogen-bond acceptors (Lipinski definition) is 4. The van der Waals surface area contributed by atoms with Gasteiger partial charge in [-0.3, -0.25) is 0 Å². The zero-order chi connectivity index (χ0) is 27.4. The Kier molecular flexibility index (Phi) is 8.17. The Bertz CT molecular complexity index is 1500. The van der Waals surface area contributed by atoms with Gasteiger partial charge < -0.3 is 20.2 Å². The van der Waals surface area contributed by atoms with E-state index in [-0.39, 0.29) is 35.1 Å². The Hall–Kier alpha value is -3.84. The second-order valence-corrected chi connectivity index (χ2v) is 11.0. The molecule has 1 aliphatic carbocycles. The van der Waals surface area contributed by atoms with Crippen molar-refractivity contribution in [2.75, 3.05) is 10.6 Å². The first-order chi connectivity index (χ1) is 18.9. The van der Waals surface area contributed by atoms with Crippen LogP contribution in [0.1, 0.15) is 60.5 Å². The Morgan fingerprint density at radius 3 is 2.36 bits per heavy atom. The van der Waals surface area contributed by atoms with Crippen LogP contribution in [-0.2, 0) is 6.42 Å². The molecule has 0 radical (unpaired) electrons. The third kappa shape index (κ3) is 6.60. The Morgan fingerprint density at radius 1 is 0.974 bits per heavy atom. The fourth-order valence-corrected chi connectivity index (χ4v) is 5.35. The summed E-state index contributed by atoms with van der Waals surface area (Å²) >= 11 is 3.39. The van der Waals surface area contributed by atoms with Gasteiger partial charge in [-0.15, -0.1) is 0 Å². The number of carbonyl (C=O) groups is 1. The first kappa shape index (κ1) is 26.8. The summed E-state index contributed by atoms with van der Waals surface area (Å²) in [5, 5.41) is 16.8. The van der Waals surface area contributed by atoms with Crippen LogP contribution in [0.3, 0.4) is 0 Å². The van der Waals surface area contributed by atoms with E-state index in [2.05, 4.69) is 45.6 Å². The highest BCUT2D eigenvalue weighted by atomic mass is 79.9. The molecule has 1 fully saturated rings. The molecule has 200 valence electrons. The van der Waals surface area contributed by atoms with E-state index in [1.807, 2.05) is 48.5 Å². The van der Waals surface area contributed by atoms with Crippen LogP contribution in [0, 0.1) is 5.92 Å². The van der Waals surface area contributed by atoms with Crippen molar-refractivity contribution in [1.82, 2.24) is 0 Å². The monoisotopic (exact) mass is 586 g/mol. The summed E-state index contributed by atoms with van der Waals surface area (Å²) in [6.45, 7) is 2.05. The highest BCUT2D eigenvalue weighted by Crippen LogP contribution is 2.48. The van der Waals surface area contributed by atoms with E-state index in [9.17, 15) is 14.7 Å². The fourth-order valence-electron chi connectivity index (χ4n) is 5.08. The lowest BCUT2D eigenvalue weighted by atomic mass is 9.86. The molecular weight excluding hydrogens is 556 g/mol. The first-order valence-corrected chi connectivity index (χ1v) is 14.0. The van der Waals surface area contributed by atoms with Gasteiger partial charge in [-0.05, 0) is 79.1 Å². The van der Waals surface area contributed by atoms with Crippen LogP contribution in [0.2, 0.25) is 0 Å². The van der Waals surface area contributed by atoms with E-state index >= 15 is 0 Å². The van der Waals surface area contributed by atoms with Crippen molar-refractivity contribution >= 4 is 33.3 Å². The molecule has 3 aromatic carbocycles. The van der Waals surface area contributed by atoms with Gasteiger partial charge in [-0.1, -0.05) is 65.3 Å². The fraction of sp³-hybridized carbons (Fsp3) is 0.250. The molecule has 39 heavy (non-hydrogen) atoms. The maximum Gasteiger partial charge on any atom is 0.343 e. The molecule has 4 aromatic rings. The van der Waals surface area contributed by atoms with Gasteiger partial charge in [-0.25, -0.2) is 9.59 Å². The number of anilines is 2. The first-order valence-electron chi connectivity index (χ1n) is 13.3. The van der Waals surface area contributed by atoms with Crippen LogP contribution in [0.5, 0.6) is 5.75 Å². The minimum Gasteiger partial charge on any atom is -0.507 e. The largest absolute Gasteiger partial charge is 0.507 e. The van der Waals surface area contributed by atoms with Crippen molar-refractivity contribution < 1.29 is 14.3 Å². The smallest absolute Gasteiger partial charge is 0.343 e. The lowest BCUT2D eigenvalue weighted by Gasteiger charge is -2.20.